The molecule has 1 unspecified atom stereocenters. The van der Waals surface area contributed by atoms with Crippen molar-refractivity contribution in [2.24, 2.45) is 0 Å². The highest BCUT2D eigenvalue weighted by Gasteiger charge is 2.26. The Labute approximate surface area is 225 Å². The fourth-order valence-electron chi connectivity index (χ4n) is 3.60. The number of hydrogen-bond donors (Lipinski definition) is 2. The van der Waals surface area contributed by atoms with Crippen molar-refractivity contribution in [3.8, 4) is 5.75 Å². The average molecular weight is 529 g/mol. The number of carbonyl (C=O) groups is 3. The molecule has 0 aliphatic carbocycles. The summed E-state index contributed by atoms with van der Waals surface area (Å²) in [6.07, 6.45) is 5.02. The van der Waals surface area contributed by atoms with Gasteiger partial charge in [0.2, 0.25) is 6.41 Å². The lowest BCUT2D eigenvalue weighted by Crippen LogP contribution is -2.41. The molecule has 0 aliphatic heterocycles. The summed E-state index contributed by atoms with van der Waals surface area (Å²) >= 11 is 0. The van der Waals surface area contributed by atoms with E-state index >= 15 is 0 Å². The summed E-state index contributed by atoms with van der Waals surface area (Å²) in [5.41, 5.74) is 1.10. The van der Waals surface area contributed by atoms with Crippen molar-refractivity contribution < 1.29 is 33.8 Å². The standard InChI is InChI=1S/C29H40N2O7/c1-29(2,3)38-28(35)30-18-10-5-4-6-11-19-36-25-16-14-23(15-17-25)20-26(27(33)34)31(22-32)37-21-24-12-8-7-9-13-24/h7-9,12-17,22,26H,4-6,10-11,18-21H2,1-3H3,(H,30,35)(H,33,34). The third-order valence-electron chi connectivity index (χ3n) is 5.53. The minimum atomic E-state index is -1.15. The van der Waals surface area contributed by atoms with Crippen LogP contribution in [0, 0.1) is 0 Å². The molecular weight excluding hydrogens is 488 g/mol. The maximum absolute atomic E-state index is 11.8. The first-order chi connectivity index (χ1) is 18.2. The number of hydroxylamine groups is 2. The second-order valence-corrected chi connectivity index (χ2v) is 9.97. The molecule has 2 rings (SSSR count). The molecule has 9 heteroatoms. The van der Waals surface area contributed by atoms with E-state index in [-0.39, 0.29) is 19.1 Å². The van der Waals surface area contributed by atoms with E-state index < -0.39 is 17.6 Å². The van der Waals surface area contributed by atoms with Gasteiger partial charge in [-0.15, -0.1) is 0 Å². The Balaban J connectivity index is 1.65. The molecule has 0 spiro atoms. The number of hydrogen-bond acceptors (Lipinski definition) is 6. The lowest BCUT2D eigenvalue weighted by atomic mass is 10.1. The number of carboxylic acid groups (broad SMARTS) is 1. The summed E-state index contributed by atoms with van der Waals surface area (Å²) in [7, 11) is 0. The van der Waals surface area contributed by atoms with E-state index in [0.29, 0.717) is 25.3 Å². The number of unbranched alkanes of at least 4 members (excludes halogenated alkanes) is 4. The Morgan fingerprint density at radius 3 is 2.24 bits per heavy atom. The number of alkyl carbamates (subject to hydrolysis) is 1. The van der Waals surface area contributed by atoms with E-state index in [4.69, 9.17) is 14.3 Å². The van der Waals surface area contributed by atoms with Crippen LogP contribution in [0.1, 0.15) is 64.0 Å². The molecule has 208 valence electrons. The molecule has 0 radical (unpaired) electrons. The van der Waals surface area contributed by atoms with Crippen molar-refractivity contribution in [2.75, 3.05) is 13.2 Å². The molecule has 0 heterocycles. The summed E-state index contributed by atoms with van der Waals surface area (Å²) in [6.45, 7) is 6.79. The molecule has 0 saturated heterocycles. The Bertz CT molecular complexity index is 975. The van der Waals surface area contributed by atoms with Crippen LogP contribution < -0.4 is 10.1 Å². The number of nitrogens with zero attached hydrogens (tertiary/aromatic N) is 1. The van der Waals surface area contributed by atoms with Crippen LogP contribution in [0.3, 0.4) is 0 Å². The first-order valence-electron chi connectivity index (χ1n) is 13.0. The quantitative estimate of drug-likeness (QED) is 0.166. The predicted octanol–water partition coefficient (Wildman–Crippen LogP) is 5.13. The van der Waals surface area contributed by atoms with Crippen LogP contribution in [0.4, 0.5) is 4.79 Å². The van der Waals surface area contributed by atoms with Gasteiger partial charge in [-0.1, -0.05) is 61.7 Å². The van der Waals surface area contributed by atoms with Gasteiger partial charge in [0.15, 0.2) is 6.04 Å². The summed E-state index contributed by atoms with van der Waals surface area (Å²) in [5.74, 6) is -0.444. The third-order valence-corrected chi connectivity index (χ3v) is 5.53. The number of carboxylic acids is 1. The van der Waals surface area contributed by atoms with Crippen LogP contribution in [0.2, 0.25) is 0 Å². The Morgan fingerprint density at radius 2 is 1.61 bits per heavy atom. The number of rotatable bonds is 17. The molecule has 0 fully saturated rings. The van der Waals surface area contributed by atoms with Gasteiger partial charge in [-0.05, 0) is 56.9 Å². The second-order valence-electron chi connectivity index (χ2n) is 9.97. The molecule has 38 heavy (non-hydrogen) atoms. The number of carbonyl (C=O) groups excluding carboxylic acids is 2. The predicted molar refractivity (Wildman–Crippen MR) is 144 cm³/mol. The van der Waals surface area contributed by atoms with Crippen LogP contribution in [-0.2, 0) is 32.2 Å². The minimum absolute atomic E-state index is 0.0963. The number of amides is 2. The molecular formula is C29H40N2O7. The van der Waals surface area contributed by atoms with Crippen LogP contribution in [0.25, 0.3) is 0 Å². The maximum atomic E-state index is 11.8. The second kappa shape index (κ2) is 16.3. The van der Waals surface area contributed by atoms with Crippen LogP contribution >= 0.6 is 0 Å². The van der Waals surface area contributed by atoms with E-state index in [1.807, 2.05) is 51.1 Å². The topological polar surface area (TPSA) is 114 Å². The SMILES string of the molecule is CC(C)(C)OC(=O)NCCCCCCCOc1ccc(CC(C(=O)O)N(C=O)OCc2ccccc2)cc1. The van der Waals surface area contributed by atoms with E-state index in [0.717, 1.165) is 48.3 Å². The van der Waals surface area contributed by atoms with Gasteiger partial charge in [0.25, 0.3) is 0 Å². The molecule has 1 atom stereocenters. The van der Waals surface area contributed by atoms with Crippen LogP contribution in [-0.4, -0.2) is 53.4 Å². The van der Waals surface area contributed by atoms with Gasteiger partial charge >= 0.3 is 12.1 Å². The van der Waals surface area contributed by atoms with E-state index in [2.05, 4.69) is 5.32 Å². The Hall–Kier alpha value is -3.59. The summed E-state index contributed by atoms with van der Waals surface area (Å²) in [4.78, 5) is 40.4. The molecule has 2 amide bonds. The molecule has 0 aliphatic rings. The van der Waals surface area contributed by atoms with Gasteiger partial charge in [-0.25, -0.2) is 14.7 Å². The maximum Gasteiger partial charge on any atom is 0.407 e. The van der Waals surface area contributed by atoms with Crippen molar-refractivity contribution in [1.29, 1.82) is 0 Å². The molecule has 0 aromatic heterocycles. The van der Waals surface area contributed by atoms with Gasteiger partial charge in [0, 0.05) is 13.0 Å². The average Bonchev–Trinajstić information content (AvgIpc) is 2.87. The summed E-state index contributed by atoms with van der Waals surface area (Å²) in [5, 5.41) is 13.3. The van der Waals surface area contributed by atoms with Crippen molar-refractivity contribution >= 4 is 18.5 Å². The normalized spacial score (nSPS) is 11.9. The summed E-state index contributed by atoms with van der Waals surface area (Å²) in [6, 6.07) is 15.3. The zero-order valence-electron chi connectivity index (χ0n) is 22.6. The highest BCUT2D eigenvalue weighted by atomic mass is 16.7. The highest BCUT2D eigenvalue weighted by Crippen LogP contribution is 2.17. The molecule has 2 aromatic rings. The smallest absolute Gasteiger partial charge is 0.407 e. The zero-order chi connectivity index (χ0) is 27.8. The number of benzene rings is 2. The monoisotopic (exact) mass is 528 g/mol. The first kappa shape index (κ1) is 30.6. The van der Waals surface area contributed by atoms with E-state index in [1.165, 1.54) is 0 Å². The highest BCUT2D eigenvalue weighted by molar-refractivity contribution is 5.76. The summed E-state index contributed by atoms with van der Waals surface area (Å²) < 4.78 is 11.0. The molecule has 0 saturated carbocycles. The van der Waals surface area contributed by atoms with E-state index in [9.17, 15) is 19.5 Å². The molecule has 9 nitrogen and oxygen atoms in total. The third kappa shape index (κ3) is 12.6. The lowest BCUT2D eigenvalue weighted by molar-refractivity contribution is -0.200. The zero-order valence-corrected chi connectivity index (χ0v) is 22.6. The molecule has 0 bridgehead atoms. The number of aliphatic carboxylic acids is 1. The van der Waals surface area contributed by atoms with E-state index in [1.54, 1.807) is 24.3 Å². The molecule has 2 aromatic carbocycles. The van der Waals surface area contributed by atoms with Crippen molar-refractivity contribution in [3.05, 3.63) is 65.7 Å². The lowest BCUT2D eigenvalue weighted by Gasteiger charge is -2.24. The molecule has 2 N–H and O–H groups in total. The Morgan fingerprint density at radius 1 is 0.947 bits per heavy atom. The van der Waals surface area contributed by atoms with Gasteiger partial charge in [-0.3, -0.25) is 9.63 Å². The number of ether oxygens (including phenoxy) is 2. The van der Waals surface area contributed by atoms with Gasteiger partial charge in [0.1, 0.15) is 18.0 Å². The van der Waals surface area contributed by atoms with Gasteiger partial charge < -0.3 is 19.9 Å². The van der Waals surface area contributed by atoms with Crippen LogP contribution in [0.5, 0.6) is 5.75 Å². The largest absolute Gasteiger partial charge is 0.494 e. The first-order valence-corrected chi connectivity index (χ1v) is 13.0. The Kier molecular flexibility index (Phi) is 13.1. The van der Waals surface area contributed by atoms with Crippen molar-refractivity contribution in [2.45, 2.75) is 77.5 Å². The van der Waals surface area contributed by atoms with Gasteiger partial charge in [0.05, 0.1) is 6.61 Å². The fraction of sp³-hybridized carbons (Fsp3) is 0.483. The fourth-order valence-corrected chi connectivity index (χ4v) is 3.60. The van der Waals surface area contributed by atoms with Crippen molar-refractivity contribution in [1.82, 2.24) is 10.4 Å². The van der Waals surface area contributed by atoms with Crippen LogP contribution in [0.15, 0.2) is 54.6 Å². The number of nitrogens with one attached hydrogen (secondary N) is 1. The minimum Gasteiger partial charge on any atom is -0.494 e. The van der Waals surface area contributed by atoms with Gasteiger partial charge in [-0.2, -0.15) is 0 Å². The van der Waals surface area contributed by atoms with Crippen molar-refractivity contribution in [3.63, 3.8) is 0 Å².